The van der Waals surface area contributed by atoms with Crippen molar-refractivity contribution in [1.29, 1.82) is 0 Å². The van der Waals surface area contributed by atoms with Crippen molar-refractivity contribution in [1.82, 2.24) is 14.7 Å². The molecule has 3 N–H and O–H groups in total. The van der Waals surface area contributed by atoms with Gasteiger partial charge in [-0.2, -0.15) is 5.10 Å². The number of halogens is 1. The van der Waals surface area contributed by atoms with Crippen LogP contribution in [-0.4, -0.2) is 90.4 Å². The number of aryl methyl sites for hydroxylation is 1. The Balaban J connectivity index is 1.59. The highest BCUT2D eigenvalue weighted by molar-refractivity contribution is 6.00. The fourth-order valence-corrected chi connectivity index (χ4v) is 6.47. The molecule has 12 nitrogen and oxygen atoms in total. The first-order valence-corrected chi connectivity index (χ1v) is 15.1. The summed E-state index contributed by atoms with van der Waals surface area (Å²) >= 11 is 0. The molecule has 4 unspecified atom stereocenters. The number of rotatable bonds is 11. The number of amides is 1. The van der Waals surface area contributed by atoms with Crippen LogP contribution in [0.25, 0.3) is 5.69 Å². The number of hydrogen-bond donors (Lipinski definition) is 2. The van der Waals surface area contributed by atoms with E-state index >= 15 is 4.39 Å². The molecular formula is C32H44FN5O7. The van der Waals surface area contributed by atoms with Crippen LogP contribution in [0.15, 0.2) is 12.1 Å². The van der Waals surface area contributed by atoms with Gasteiger partial charge in [-0.25, -0.2) is 9.07 Å². The molecule has 0 saturated heterocycles. The van der Waals surface area contributed by atoms with E-state index in [1.807, 2.05) is 18.7 Å². The lowest BCUT2D eigenvalue weighted by atomic mass is 9.75. The third kappa shape index (κ3) is 8.06. The summed E-state index contributed by atoms with van der Waals surface area (Å²) in [5.41, 5.74) is 7.34. The number of aromatic nitrogens is 2. The molecule has 2 aliphatic rings. The zero-order valence-electron chi connectivity index (χ0n) is 27.1. The van der Waals surface area contributed by atoms with Crippen molar-refractivity contribution < 1.29 is 37.8 Å². The van der Waals surface area contributed by atoms with Crippen LogP contribution in [0.2, 0.25) is 0 Å². The highest BCUT2D eigenvalue weighted by Gasteiger charge is 2.37. The van der Waals surface area contributed by atoms with E-state index in [2.05, 4.69) is 10.4 Å². The van der Waals surface area contributed by atoms with Crippen LogP contribution >= 0.6 is 0 Å². The molecule has 45 heavy (non-hydrogen) atoms. The molecule has 2 aliphatic carbocycles. The molecular weight excluding hydrogens is 585 g/mol. The van der Waals surface area contributed by atoms with Crippen molar-refractivity contribution in [3.05, 3.63) is 40.5 Å². The number of nitrogens with one attached hydrogen (secondary N) is 1. The predicted molar refractivity (Wildman–Crippen MR) is 164 cm³/mol. The van der Waals surface area contributed by atoms with E-state index < -0.39 is 35.9 Å². The van der Waals surface area contributed by atoms with Crippen molar-refractivity contribution >= 4 is 29.3 Å². The van der Waals surface area contributed by atoms with E-state index in [4.69, 9.17) is 19.9 Å². The molecule has 1 amide bonds. The zero-order valence-corrected chi connectivity index (χ0v) is 27.1. The second kappa shape index (κ2) is 13.7. The molecule has 1 saturated carbocycles. The number of fused-ring (bicyclic) bond motifs is 1. The predicted octanol–water partition coefficient (Wildman–Crippen LogP) is 3.35. The van der Waals surface area contributed by atoms with Crippen LogP contribution in [0.5, 0.6) is 0 Å². The number of methoxy groups -OCH3 is 1. The van der Waals surface area contributed by atoms with Crippen molar-refractivity contribution in [3.8, 4) is 5.69 Å². The quantitative estimate of drug-likeness (QED) is 0.354. The lowest BCUT2D eigenvalue weighted by molar-refractivity contribution is -0.164. The number of benzene rings is 1. The number of esters is 2. The molecule has 13 heteroatoms. The van der Waals surface area contributed by atoms with Crippen LogP contribution in [0.4, 0.5) is 10.1 Å². The summed E-state index contributed by atoms with van der Waals surface area (Å²) < 4.78 is 33.8. The molecule has 0 aliphatic heterocycles. The molecule has 1 fully saturated rings. The van der Waals surface area contributed by atoms with Gasteiger partial charge in [-0.05, 0) is 51.8 Å². The third-order valence-corrected chi connectivity index (χ3v) is 8.26. The number of likely N-dealkylation sites (N-methyl/N-ethyl adjacent to an activating group) is 1. The topological polar surface area (TPSA) is 155 Å². The van der Waals surface area contributed by atoms with E-state index in [-0.39, 0.29) is 41.0 Å². The first-order chi connectivity index (χ1) is 21.1. The summed E-state index contributed by atoms with van der Waals surface area (Å²) in [6.07, 6.45) is 0.526. The highest BCUT2D eigenvalue weighted by Crippen LogP contribution is 2.38. The third-order valence-electron chi connectivity index (χ3n) is 8.26. The van der Waals surface area contributed by atoms with Crippen molar-refractivity contribution in [2.75, 3.05) is 33.1 Å². The Bertz CT molecular complexity index is 1470. The lowest BCUT2D eigenvalue weighted by Gasteiger charge is -2.36. The Morgan fingerprint density at radius 2 is 1.91 bits per heavy atom. The summed E-state index contributed by atoms with van der Waals surface area (Å²) in [5, 5.41) is 7.85. The van der Waals surface area contributed by atoms with Gasteiger partial charge >= 0.3 is 11.9 Å². The SMILES string of the molecule is COC1CCC(Nc2cc(-n3nc(C)c4c3CC(C)(C)CC4=O)cc(F)c2C(N)=O)CC1OC(=O)CC(CN(C)C)OC(C)=O. The summed E-state index contributed by atoms with van der Waals surface area (Å²) in [5.74, 6) is -2.81. The number of carbonyl (C=O) groups is 4. The Labute approximate surface area is 262 Å². The molecule has 1 heterocycles. The molecule has 2 aromatic rings. The van der Waals surface area contributed by atoms with E-state index in [0.29, 0.717) is 61.3 Å². The Hall–Kier alpha value is -3.84. The highest BCUT2D eigenvalue weighted by atomic mass is 19.1. The number of nitrogens with zero attached hydrogens (tertiary/aromatic N) is 3. The van der Waals surface area contributed by atoms with E-state index in [1.54, 1.807) is 31.8 Å². The Morgan fingerprint density at radius 3 is 2.53 bits per heavy atom. The van der Waals surface area contributed by atoms with E-state index in [1.165, 1.54) is 20.1 Å². The van der Waals surface area contributed by atoms with Gasteiger partial charge in [-0.3, -0.25) is 19.2 Å². The first-order valence-electron chi connectivity index (χ1n) is 15.1. The van der Waals surface area contributed by atoms with Gasteiger partial charge < -0.3 is 30.2 Å². The largest absolute Gasteiger partial charge is 0.461 e. The minimum atomic E-state index is -0.942. The van der Waals surface area contributed by atoms with Crippen molar-refractivity contribution in [3.63, 3.8) is 0 Å². The maximum atomic E-state index is 15.6. The van der Waals surface area contributed by atoms with Crippen LogP contribution in [0.3, 0.4) is 0 Å². The van der Waals surface area contributed by atoms with Crippen LogP contribution in [0.1, 0.15) is 85.0 Å². The van der Waals surface area contributed by atoms with Crippen molar-refractivity contribution in [2.24, 2.45) is 11.1 Å². The molecule has 1 aromatic carbocycles. The monoisotopic (exact) mass is 629 g/mol. The fourth-order valence-electron chi connectivity index (χ4n) is 6.47. The van der Waals surface area contributed by atoms with Gasteiger partial charge in [0.1, 0.15) is 18.0 Å². The van der Waals surface area contributed by atoms with Crippen LogP contribution in [0, 0.1) is 18.2 Å². The van der Waals surface area contributed by atoms with Crippen molar-refractivity contribution in [2.45, 2.75) is 90.6 Å². The Morgan fingerprint density at radius 1 is 1.20 bits per heavy atom. The second-order valence-corrected chi connectivity index (χ2v) is 13.1. The van der Waals surface area contributed by atoms with Gasteiger partial charge in [0, 0.05) is 45.5 Å². The second-order valence-electron chi connectivity index (χ2n) is 13.1. The molecule has 0 bridgehead atoms. The lowest BCUT2D eigenvalue weighted by Crippen LogP contribution is -2.44. The maximum Gasteiger partial charge on any atom is 0.309 e. The van der Waals surface area contributed by atoms with E-state index in [0.717, 1.165) is 0 Å². The number of carbonyl (C=O) groups excluding carboxylic acids is 4. The number of anilines is 1. The fraction of sp³-hybridized carbons (Fsp3) is 0.594. The van der Waals surface area contributed by atoms with Gasteiger partial charge in [-0.1, -0.05) is 13.8 Å². The van der Waals surface area contributed by atoms with Gasteiger partial charge in [0.25, 0.3) is 5.91 Å². The van der Waals surface area contributed by atoms with Gasteiger partial charge in [0.05, 0.1) is 46.4 Å². The molecule has 0 spiro atoms. The van der Waals surface area contributed by atoms with Gasteiger partial charge in [-0.15, -0.1) is 0 Å². The zero-order chi connectivity index (χ0) is 33.2. The average molecular weight is 630 g/mol. The number of ketones is 1. The summed E-state index contributed by atoms with van der Waals surface area (Å²) in [7, 11) is 5.15. The van der Waals surface area contributed by atoms with E-state index in [9.17, 15) is 19.2 Å². The minimum absolute atomic E-state index is 0.00559. The molecule has 1 aromatic heterocycles. The maximum absolute atomic E-state index is 15.6. The normalized spacial score (nSPS) is 21.6. The standard InChI is InChI=1S/C32H44FN5O7/c1-17-29-24(14-32(3,4)15-25(29)40)38(36-17)20-11-22(33)30(31(34)42)23(12-20)35-19-8-9-26(43-7)27(10-19)45-28(41)13-21(16-37(5)6)44-18(2)39/h11-12,19,21,26-27,35H,8-10,13-16H2,1-7H3,(H2,34,42). The number of Topliss-reactive ketones (excluding diaryl/α,β-unsaturated/α-hetero) is 1. The van der Waals surface area contributed by atoms with Crippen LogP contribution in [-0.2, 0) is 30.2 Å². The molecule has 246 valence electrons. The molecule has 4 atom stereocenters. The summed E-state index contributed by atoms with van der Waals surface area (Å²) in [6, 6.07) is 2.47. The number of primary amides is 1. The Kier molecular flexibility index (Phi) is 10.3. The molecule has 4 rings (SSSR count). The first kappa shape index (κ1) is 34.0. The number of ether oxygens (including phenoxy) is 3. The summed E-state index contributed by atoms with van der Waals surface area (Å²) in [4.78, 5) is 51.6. The number of hydrogen-bond acceptors (Lipinski definition) is 10. The van der Waals surface area contributed by atoms with Gasteiger partial charge in [0.2, 0.25) is 0 Å². The van der Waals surface area contributed by atoms with Gasteiger partial charge in [0.15, 0.2) is 5.78 Å². The minimum Gasteiger partial charge on any atom is -0.461 e. The summed E-state index contributed by atoms with van der Waals surface area (Å²) in [6.45, 7) is 7.39. The average Bonchev–Trinajstić information content (AvgIpc) is 3.22. The van der Waals surface area contributed by atoms with Crippen LogP contribution < -0.4 is 11.1 Å². The number of nitrogens with two attached hydrogens (primary N) is 1. The molecule has 0 radical (unpaired) electrons. The smallest absolute Gasteiger partial charge is 0.309 e.